The number of hydrogen-bond acceptors (Lipinski definition) is 3. The summed E-state index contributed by atoms with van der Waals surface area (Å²) in [5, 5.41) is 0. The van der Waals surface area contributed by atoms with Gasteiger partial charge in [0, 0.05) is 26.2 Å². The third-order valence-electron chi connectivity index (χ3n) is 2.81. The van der Waals surface area contributed by atoms with Gasteiger partial charge in [0.05, 0.1) is 6.42 Å². The molecule has 4 heteroatoms. The van der Waals surface area contributed by atoms with E-state index in [0.717, 1.165) is 31.7 Å². The van der Waals surface area contributed by atoms with Gasteiger partial charge in [0.2, 0.25) is 5.91 Å². The van der Waals surface area contributed by atoms with E-state index < -0.39 is 0 Å². The largest absolute Gasteiger partial charge is 0.340 e. The van der Waals surface area contributed by atoms with E-state index in [1.165, 1.54) is 0 Å². The molecular weight excluding hydrogens is 220 g/mol. The Kier molecular flexibility index (Phi) is 3.85. The lowest BCUT2D eigenvalue weighted by molar-refractivity contribution is -0.131. The van der Waals surface area contributed by atoms with Crippen molar-refractivity contribution in [3.05, 3.63) is 35.9 Å². The van der Waals surface area contributed by atoms with E-state index in [-0.39, 0.29) is 5.91 Å². The number of piperazine rings is 1. The molecule has 2 rings (SSSR count). The second-order valence-corrected chi connectivity index (χ2v) is 4.56. The zero-order chi connectivity index (χ0) is 11.4. The molecule has 1 aliphatic rings. The highest BCUT2D eigenvalue weighted by Gasteiger charge is 2.19. The van der Waals surface area contributed by atoms with Crippen LogP contribution in [0.15, 0.2) is 30.3 Å². The number of benzene rings is 1. The second-order valence-electron chi connectivity index (χ2n) is 4.00. The molecule has 1 aromatic rings. The highest BCUT2D eigenvalue weighted by Crippen LogP contribution is 2.07. The molecule has 0 atom stereocenters. The molecule has 0 aromatic heterocycles. The minimum Gasteiger partial charge on any atom is -0.340 e. The molecule has 3 nitrogen and oxygen atoms in total. The summed E-state index contributed by atoms with van der Waals surface area (Å²) in [6, 6.07) is 9.88. The molecule has 0 N–H and O–H groups in total. The summed E-state index contributed by atoms with van der Waals surface area (Å²) in [7, 11) is 0. The number of carbonyl (C=O) groups is 1. The summed E-state index contributed by atoms with van der Waals surface area (Å²) >= 11 is 4.26. The maximum absolute atomic E-state index is 12.0. The van der Waals surface area contributed by atoms with Crippen LogP contribution in [0.4, 0.5) is 0 Å². The number of thiol groups is 1. The van der Waals surface area contributed by atoms with E-state index in [2.05, 4.69) is 12.8 Å². The Hall–Kier alpha value is -1.00. The van der Waals surface area contributed by atoms with Gasteiger partial charge in [-0.1, -0.05) is 43.1 Å². The van der Waals surface area contributed by atoms with Gasteiger partial charge in [-0.3, -0.25) is 4.79 Å². The standard InChI is InChI=1S/C12H16N2OS/c15-12(10-11-4-2-1-3-5-11)13-6-8-14(16)9-7-13/h1-5,16H,6-10H2. The molecular formula is C12H16N2OS. The fourth-order valence-corrected chi connectivity index (χ4v) is 2.01. The van der Waals surface area contributed by atoms with Crippen LogP contribution in [0.25, 0.3) is 0 Å². The molecule has 0 unspecified atom stereocenters. The molecule has 0 spiro atoms. The first kappa shape index (κ1) is 11.5. The Bertz CT molecular complexity index is 347. The van der Waals surface area contributed by atoms with Gasteiger partial charge in [-0.05, 0) is 5.56 Å². The normalized spacial score (nSPS) is 17.4. The lowest BCUT2D eigenvalue weighted by atomic mass is 10.1. The minimum absolute atomic E-state index is 0.215. The quantitative estimate of drug-likeness (QED) is 0.781. The Morgan fingerprint density at radius 3 is 2.38 bits per heavy atom. The first-order valence-electron chi connectivity index (χ1n) is 5.51. The Morgan fingerprint density at radius 2 is 1.75 bits per heavy atom. The van der Waals surface area contributed by atoms with E-state index in [1.54, 1.807) is 0 Å². The van der Waals surface area contributed by atoms with Crippen molar-refractivity contribution in [1.29, 1.82) is 0 Å². The van der Waals surface area contributed by atoms with Crippen molar-refractivity contribution in [2.45, 2.75) is 6.42 Å². The Morgan fingerprint density at radius 1 is 1.12 bits per heavy atom. The van der Waals surface area contributed by atoms with Gasteiger partial charge < -0.3 is 4.90 Å². The number of amides is 1. The van der Waals surface area contributed by atoms with E-state index in [9.17, 15) is 4.79 Å². The van der Waals surface area contributed by atoms with Gasteiger partial charge in [0.1, 0.15) is 0 Å². The average Bonchev–Trinajstić information content (AvgIpc) is 2.31. The lowest BCUT2D eigenvalue weighted by Crippen LogP contribution is -2.46. The van der Waals surface area contributed by atoms with Crippen molar-refractivity contribution < 1.29 is 4.79 Å². The zero-order valence-corrected chi connectivity index (χ0v) is 10.1. The zero-order valence-electron chi connectivity index (χ0n) is 9.17. The number of nitrogens with zero attached hydrogens (tertiary/aromatic N) is 2. The van der Waals surface area contributed by atoms with Gasteiger partial charge in [0.25, 0.3) is 0 Å². The smallest absolute Gasteiger partial charge is 0.227 e. The molecule has 1 heterocycles. The third-order valence-corrected chi connectivity index (χ3v) is 3.21. The van der Waals surface area contributed by atoms with Crippen LogP contribution in [0.1, 0.15) is 5.56 Å². The summed E-state index contributed by atoms with van der Waals surface area (Å²) in [5.41, 5.74) is 1.08. The van der Waals surface area contributed by atoms with E-state index in [0.29, 0.717) is 6.42 Å². The highest BCUT2D eigenvalue weighted by atomic mass is 32.1. The van der Waals surface area contributed by atoms with Crippen LogP contribution in [0.5, 0.6) is 0 Å². The summed E-state index contributed by atoms with van der Waals surface area (Å²) in [6.07, 6.45) is 0.507. The van der Waals surface area contributed by atoms with Gasteiger partial charge in [-0.15, -0.1) is 0 Å². The molecule has 0 radical (unpaired) electrons. The van der Waals surface area contributed by atoms with Crippen molar-refractivity contribution in [3.8, 4) is 0 Å². The van der Waals surface area contributed by atoms with Crippen molar-refractivity contribution in [2.24, 2.45) is 0 Å². The number of hydrogen-bond donors (Lipinski definition) is 1. The molecule has 1 amide bonds. The van der Waals surface area contributed by atoms with Gasteiger partial charge in [-0.2, -0.15) is 0 Å². The molecule has 1 aliphatic heterocycles. The van der Waals surface area contributed by atoms with Crippen molar-refractivity contribution >= 4 is 18.7 Å². The van der Waals surface area contributed by atoms with E-state index >= 15 is 0 Å². The van der Waals surface area contributed by atoms with Crippen LogP contribution < -0.4 is 0 Å². The molecule has 1 fully saturated rings. The summed E-state index contributed by atoms with van der Waals surface area (Å²) in [4.78, 5) is 13.9. The third kappa shape index (κ3) is 3.00. The average molecular weight is 236 g/mol. The first-order chi connectivity index (χ1) is 7.75. The molecule has 0 saturated carbocycles. The van der Waals surface area contributed by atoms with Crippen LogP contribution in [0.2, 0.25) is 0 Å². The van der Waals surface area contributed by atoms with Gasteiger partial charge in [-0.25, -0.2) is 4.31 Å². The van der Waals surface area contributed by atoms with Crippen LogP contribution >= 0.6 is 12.8 Å². The molecule has 86 valence electrons. The maximum atomic E-state index is 12.0. The summed E-state index contributed by atoms with van der Waals surface area (Å²) in [6.45, 7) is 3.28. The van der Waals surface area contributed by atoms with Crippen LogP contribution in [-0.4, -0.2) is 41.3 Å². The van der Waals surface area contributed by atoms with Crippen molar-refractivity contribution in [2.75, 3.05) is 26.2 Å². The fraction of sp³-hybridized carbons (Fsp3) is 0.417. The second kappa shape index (κ2) is 5.37. The lowest BCUT2D eigenvalue weighted by Gasteiger charge is -2.31. The summed E-state index contributed by atoms with van der Waals surface area (Å²) < 4.78 is 1.95. The Balaban J connectivity index is 1.89. The maximum Gasteiger partial charge on any atom is 0.227 e. The minimum atomic E-state index is 0.215. The SMILES string of the molecule is O=C(Cc1ccccc1)N1CCN(S)CC1. The van der Waals surface area contributed by atoms with Crippen LogP contribution in [-0.2, 0) is 11.2 Å². The molecule has 16 heavy (non-hydrogen) atoms. The van der Waals surface area contributed by atoms with E-state index in [1.807, 2.05) is 39.5 Å². The van der Waals surface area contributed by atoms with Crippen LogP contribution in [0, 0.1) is 0 Å². The molecule has 1 aromatic carbocycles. The predicted molar refractivity (Wildman–Crippen MR) is 67.3 cm³/mol. The number of rotatable bonds is 2. The van der Waals surface area contributed by atoms with E-state index in [4.69, 9.17) is 0 Å². The van der Waals surface area contributed by atoms with Gasteiger partial charge in [0.15, 0.2) is 0 Å². The fourth-order valence-electron chi connectivity index (χ4n) is 1.83. The molecule has 1 saturated heterocycles. The predicted octanol–water partition coefficient (Wildman–Crippen LogP) is 1.22. The molecule has 0 aliphatic carbocycles. The van der Waals surface area contributed by atoms with Crippen LogP contribution in [0.3, 0.4) is 0 Å². The highest BCUT2D eigenvalue weighted by molar-refractivity contribution is 7.77. The number of carbonyl (C=O) groups excluding carboxylic acids is 1. The first-order valence-corrected chi connectivity index (χ1v) is 5.91. The van der Waals surface area contributed by atoms with Gasteiger partial charge >= 0.3 is 0 Å². The monoisotopic (exact) mass is 236 g/mol. The Labute approximate surface area is 102 Å². The van der Waals surface area contributed by atoms with Crippen molar-refractivity contribution in [1.82, 2.24) is 9.21 Å². The van der Waals surface area contributed by atoms with Crippen molar-refractivity contribution in [3.63, 3.8) is 0 Å². The topological polar surface area (TPSA) is 23.6 Å². The summed E-state index contributed by atoms with van der Waals surface area (Å²) in [5.74, 6) is 0.215. The molecule has 0 bridgehead atoms.